The van der Waals surface area contributed by atoms with Gasteiger partial charge in [0.1, 0.15) is 0 Å². The predicted molar refractivity (Wildman–Crippen MR) is 270 cm³/mol. The van der Waals surface area contributed by atoms with Gasteiger partial charge in [-0.2, -0.15) is 0 Å². The monoisotopic (exact) mass is 829 g/mol. The number of hydrogen-bond acceptors (Lipinski definition) is 1. The van der Waals surface area contributed by atoms with Gasteiger partial charge >= 0.3 is 0 Å². The summed E-state index contributed by atoms with van der Waals surface area (Å²) in [4.78, 5) is 2.43. The Balaban J connectivity index is 0.940. The van der Waals surface area contributed by atoms with E-state index in [0.29, 0.717) is 0 Å². The molecule has 9 aromatic carbocycles. The van der Waals surface area contributed by atoms with Crippen molar-refractivity contribution in [2.75, 3.05) is 4.90 Å². The molecular weight excluding hydrogens is 783 g/mol. The lowest BCUT2D eigenvalue weighted by Gasteiger charge is -2.48. The van der Waals surface area contributed by atoms with E-state index >= 15 is 0 Å². The zero-order valence-electron chi connectivity index (χ0n) is 36.6. The van der Waals surface area contributed by atoms with Gasteiger partial charge in [0, 0.05) is 33.8 Å². The molecule has 65 heavy (non-hydrogen) atoms. The molecule has 0 bridgehead atoms. The number of hydrogen-bond donors (Lipinski definition) is 0. The fraction of sp³-hybridized carbons (Fsp3) is 0.0938. The lowest BCUT2D eigenvalue weighted by atomic mass is 9.52. The van der Waals surface area contributed by atoms with E-state index in [2.05, 4.69) is 261 Å². The van der Waals surface area contributed by atoms with Gasteiger partial charge in [-0.1, -0.05) is 220 Å². The molecule has 0 saturated heterocycles. The van der Waals surface area contributed by atoms with Crippen LogP contribution in [-0.2, 0) is 16.2 Å². The second-order valence-electron chi connectivity index (χ2n) is 18.8. The van der Waals surface area contributed by atoms with Crippen LogP contribution in [0.5, 0.6) is 0 Å². The molecule has 0 fully saturated rings. The smallest absolute Gasteiger partial charge is 0.0606 e. The quantitative estimate of drug-likeness (QED) is 0.161. The zero-order chi connectivity index (χ0) is 43.3. The number of nitrogens with zero attached hydrogens (tertiary/aromatic N) is 1. The summed E-state index contributed by atoms with van der Waals surface area (Å²) in [6.45, 7) is 4.73. The van der Waals surface area contributed by atoms with E-state index < -0.39 is 5.41 Å². The molecule has 308 valence electrons. The van der Waals surface area contributed by atoms with Crippen molar-refractivity contribution in [1.29, 1.82) is 0 Å². The Morgan fingerprint density at radius 1 is 0.369 bits per heavy atom. The Bertz CT molecular complexity index is 3360. The molecule has 4 aliphatic rings. The van der Waals surface area contributed by atoms with E-state index in [-0.39, 0.29) is 16.7 Å². The summed E-state index contributed by atoms with van der Waals surface area (Å²) in [7, 11) is 0. The molecule has 0 aromatic heterocycles. The molecule has 1 spiro atoms. The van der Waals surface area contributed by atoms with Crippen molar-refractivity contribution < 1.29 is 0 Å². The number of allylic oxidation sites excluding steroid dienone is 4. The molecule has 2 atom stereocenters. The fourth-order valence-corrected chi connectivity index (χ4v) is 12.6. The minimum atomic E-state index is -0.396. The van der Waals surface area contributed by atoms with Gasteiger partial charge in [0.2, 0.25) is 0 Å². The van der Waals surface area contributed by atoms with Crippen LogP contribution in [0.25, 0.3) is 44.5 Å². The summed E-state index contributed by atoms with van der Waals surface area (Å²) >= 11 is 0. The van der Waals surface area contributed by atoms with Gasteiger partial charge in [-0.3, -0.25) is 0 Å². The molecule has 0 saturated carbocycles. The van der Waals surface area contributed by atoms with Crippen molar-refractivity contribution >= 4 is 17.1 Å². The number of benzene rings is 9. The highest BCUT2D eigenvalue weighted by atomic mass is 15.1. The van der Waals surface area contributed by atoms with Gasteiger partial charge in [-0.05, 0) is 120 Å². The first-order valence-corrected chi connectivity index (χ1v) is 23.0. The van der Waals surface area contributed by atoms with Crippen LogP contribution in [0.3, 0.4) is 0 Å². The maximum Gasteiger partial charge on any atom is 0.0606 e. The predicted octanol–water partition coefficient (Wildman–Crippen LogP) is 16.3. The van der Waals surface area contributed by atoms with Gasteiger partial charge in [0.15, 0.2) is 0 Å². The van der Waals surface area contributed by atoms with Crippen LogP contribution >= 0.6 is 0 Å². The Labute approximate surface area is 382 Å². The molecule has 0 aliphatic heterocycles. The highest BCUT2D eigenvalue weighted by Gasteiger charge is 2.66. The van der Waals surface area contributed by atoms with Crippen molar-refractivity contribution in [3.8, 4) is 44.5 Å². The first-order chi connectivity index (χ1) is 32.0. The molecule has 9 aromatic rings. The van der Waals surface area contributed by atoms with Crippen molar-refractivity contribution in [1.82, 2.24) is 0 Å². The van der Waals surface area contributed by atoms with Gasteiger partial charge in [0.25, 0.3) is 0 Å². The second-order valence-corrected chi connectivity index (χ2v) is 18.8. The molecule has 2 unspecified atom stereocenters. The highest BCUT2D eigenvalue weighted by molar-refractivity contribution is 5.90. The molecular formula is C64H47N. The second kappa shape index (κ2) is 14.1. The van der Waals surface area contributed by atoms with Crippen LogP contribution in [0.2, 0.25) is 0 Å². The average molecular weight is 830 g/mol. The highest BCUT2D eigenvalue weighted by Crippen LogP contribution is 2.71. The van der Waals surface area contributed by atoms with E-state index in [9.17, 15) is 0 Å². The first-order valence-electron chi connectivity index (χ1n) is 23.0. The van der Waals surface area contributed by atoms with E-state index in [4.69, 9.17) is 0 Å². The van der Waals surface area contributed by atoms with Gasteiger partial charge in [0.05, 0.1) is 5.41 Å². The average Bonchev–Trinajstić information content (AvgIpc) is 3.92. The zero-order valence-corrected chi connectivity index (χ0v) is 36.6. The van der Waals surface area contributed by atoms with Crippen molar-refractivity contribution in [3.63, 3.8) is 0 Å². The Kier molecular flexibility index (Phi) is 8.21. The van der Waals surface area contributed by atoms with E-state index in [0.717, 1.165) is 17.1 Å². The van der Waals surface area contributed by atoms with Crippen molar-refractivity contribution in [3.05, 3.63) is 282 Å². The lowest BCUT2D eigenvalue weighted by Crippen LogP contribution is -2.47. The van der Waals surface area contributed by atoms with Crippen LogP contribution in [0, 0.1) is 0 Å². The molecule has 1 nitrogen and oxygen atoms in total. The third-order valence-electron chi connectivity index (χ3n) is 15.4. The minimum absolute atomic E-state index is 0.113. The Morgan fingerprint density at radius 2 is 0.892 bits per heavy atom. The SMILES string of the molecule is CC1(C)c2ccccc2-c2ccc(N(c3ccc(-c4ccccc4)cc3)c3cccc(-c4ccc(C56C=CC=CC5c5ccccc5C65c6ccccc6-c6ccccc65)cc4)c3)cc21. The topological polar surface area (TPSA) is 3.24 Å². The molecule has 1 heteroatoms. The first kappa shape index (κ1) is 37.8. The van der Waals surface area contributed by atoms with Crippen LogP contribution in [0.4, 0.5) is 17.1 Å². The molecule has 0 heterocycles. The summed E-state index contributed by atoms with van der Waals surface area (Å²) in [5, 5.41) is 0. The number of rotatable bonds is 6. The van der Waals surface area contributed by atoms with Crippen molar-refractivity contribution in [2.45, 2.75) is 36.0 Å². The third-order valence-corrected chi connectivity index (χ3v) is 15.4. The van der Waals surface area contributed by atoms with E-state index in [1.165, 1.54) is 83.5 Å². The largest absolute Gasteiger partial charge is 0.310 e. The van der Waals surface area contributed by atoms with Gasteiger partial charge in [-0.15, -0.1) is 0 Å². The normalized spacial score (nSPS) is 18.3. The minimum Gasteiger partial charge on any atom is -0.310 e. The number of fused-ring (bicyclic) bond motifs is 13. The van der Waals surface area contributed by atoms with E-state index in [1.54, 1.807) is 0 Å². The third kappa shape index (κ3) is 5.21. The standard InChI is InChI=1S/C64H47N/c1-62(2)56-25-10-6-21-51(56)54-39-38-50(42-61(54)62)65(48-36-32-44(33-37-48)43-17-4-3-5-18-43)49-20-16-19-46(41-49)45-30-34-47(35-31-45)63-40-15-14-26-57(63)55-24-9-13-29-60(55)64(63)58-27-11-7-22-52(58)53-23-8-12-28-59(53)64/h3-42,57H,1-2H3. The summed E-state index contributed by atoms with van der Waals surface area (Å²) < 4.78 is 0. The van der Waals surface area contributed by atoms with Crippen molar-refractivity contribution in [2.24, 2.45) is 0 Å². The fourth-order valence-electron chi connectivity index (χ4n) is 12.6. The van der Waals surface area contributed by atoms with Gasteiger partial charge in [-0.25, -0.2) is 0 Å². The molecule has 0 radical (unpaired) electrons. The van der Waals surface area contributed by atoms with E-state index in [1.807, 2.05) is 0 Å². The maximum atomic E-state index is 2.53. The Morgan fingerprint density at radius 3 is 1.62 bits per heavy atom. The molecule has 0 N–H and O–H groups in total. The molecule has 4 aliphatic carbocycles. The summed E-state index contributed by atoms with van der Waals surface area (Å²) in [5.74, 6) is 0.170. The Hall–Kier alpha value is -7.74. The summed E-state index contributed by atoms with van der Waals surface area (Å²) in [6.07, 6.45) is 9.54. The van der Waals surface area contributed by atoms with Gasteiger partial charge < -0.3 is 4.90 Å². The van der Waals surface area contributed by atoms with Crippen LogP contribution in [0.1, 0.15) is 58.7 Å². The lowest BCUT2D eigenvalue weighted by molar-refractivity contribution is 0.381. The maximum absolute atomic E-state index is 2.53. The summed E-state index contributed by atoms with van der Waals surface area (Å²) in [5.41, 5.74) is 22.3. The number of anilines is 3. The van der Waals surface area contributed by atoms with Crippen LogP contribution < -0.4 is 4.90 Å². The summed E-state index contributed by atoms with van der Waals surface area (Å²) in [6, 6.07) is 81.9. The molecule has 13 rings (SSSR count). The van der Waals surface area contributed by atoms with Crippen LogP contribution in [-0.4, -0.2) is 0 Å². The van der Waals surface area contributed by atoms with Crippen LogP contribution in [0.15, 0.2) is 243 Å². The molecule has 0 amide bonds.